The first-order valence-electron chi connectivity index (χ1n) is 7.36. The van der Waals surface area contributed by atoms with Crippen LogP contribution in [-0.4, -0.2) is 39.2 Å². The zero-order valence-electron chi connectivity index (χ0n) is 12.6. The minimum atomic E-state index is -1.47. The molecule has 1 aromatic rings. The first-order valence-corrected chi connectivity index (χ1v) is 7.36. The lowest BCUT2D eigenvalue weighted by atomic mass is 9.79. The fourth-order valence-corrected chi connectivity index (χ4v) is 2.85. The van der Waals surface area contributed by atoms with E-state index >= 15 is 0 Å². The average molecular weight is 336 g/mol. The van der Waals surface area contributed by atoms with E-state index in [9.17, 15) is 24.3 Å². The van der Waals surface area contributed by atoms with Crippen LogP contribution in [0.2, 0.25) is 0 Å². The maximum Gasteiger partial charge on any atom is 0.336 e. The summed E-state index contributed by atoms with van der Waals surface area (Å²) in [4.78, 5) is 45.6. The van der Waals surface area contributed by atoms with E-state index in [1.54, 1.807) is 0 Å². The number of benzene rings is 1. The van der Waals surface area contributed by atoms with Gasteiger partial charge in [0.2, 0.25) is 0 Å². The van der Waals surface area contributed by atoms with Gasteiger partial charge in [-0.05, 0) is 31.0 Å². The second-order valence-electron chi connectivity index (χ2n) is 5.57. The van der Waals surface area contributed by atoms with Crippen molar-refractivity contribution in [3.8, 4) is 5.75 Å². The molecule has 0 aliphatic heterocycles. The van der Waals surface area contributed by atoms with E-state index in [1.807, 2.05) is 0 Å². The van der Waals surface area contributed by atoms with Crippen LogP contribution in [0, 0.1) is 11.8 Å². The number of aliphatic carboxylic acids is 1. The molecule has 3 N–H and O–H groups in total. The molecule has 1 saturated carbocycles. The van der Waals surface area contributed by atoms with Crippen molar-refractivity contribution in [3.63, 3.8) is 0 Å². The van der Waals surface area contributed by atoms with E-state index in [0.717, 1.165) is 18.6 Å². The summed E-state index contributed by atoms with van der Waals surface area (Å²) in [6.07, 6.45) is 2.20. The predicted molar refractivity (Wildman–Crippen MR) is 79.1 cm³/mol. The Balaban J connectivity index is 2.22. The molecule has 1 aliphatic carbocycles. The lowest BCUT2D eigenvalue weighted by molar-refractivity contribution is -0.154. The van der Waals surface area contributed by atoms with E-state index in [2.05, 4.69) is 0 Å². The standard InChI is InChI=1S/C16H16O8/c17-13(18)9-3-1-2-4-11(9)16(23)24-8-5-6-10(14(19)20)12(7-8)15(21)22/h5-7,9,11H,1-4H2,(H,17,18)(H,19,20)(H,21,22). The maximum absolute atomic E-state index is 12.2. The number of carbonyl (C=O) groups excluding carboxylic acids is 1. The van der Waals surface area contributed by atoms with Crippen molar-refractivity contribution in [1.29, 1.82) is 0 Å². The number of carboxylic acids is 3. The van der Waals surface area contributed by atoms with Crippen LogP contribution in [0.25, 0.3) is 0 Å². The Morgan fingerprint density at radius 1 is 0.875 bits per heavy atom. The molecule has 1 aromatic carbocycles. The summed E-state index contributed by atoms with van der Waals surface area (Å²) in [5, 5.41) is 27.2. The molecule has 8 heteroatoms. The van der Waals surface area contributed by atoms with Gasteiger partial charge in [-0.25, -0.2) is 9.59 Å². The minimum Gasteiger partial charge on any atom is -0.481 e. The van der Waals surface area contributed by atoms with Crippen molar-refractivity contribution >= 4 is 23.9 Å². The predicted octanol–water partition coefficient (Wildman–Crippen LogP) is 1.88. The molecule has 0 aromatic heterocycles. The number of hydrogen-bond donors (Lipinski definition) is 3. The third-order valence-corrected chi connectivity index (χ3v) is 4.06. The second-order valence-corrected chi connectivity index (χ2v) is 5.57. The number of aromatic carboxylic acids is 2. The molecule has 24 heavy (non-hydrogen) atoms. The molecular weight excluding hydrogens is 320 g/mol. The zero-order valence-corrected chi connectivity index (χ0v) is 12.6. The lowest BCUT2D eigenvalue weighted by Crippen LogP contribution is -2.35. The molecule has 1 fully saturated rings. The van der Waals surface area contributed by atoms with E-state index in [0.29, 0.717) is 19.3 Å². The van der Waals surface area contributed by atoms with Crippen LogP contribution in [-0.2, 0) is 9.59 Å². The molecule has 0 radical (unpaired) electrons. The first kappa shape index (κ1) is 17.5. The smallest absolute Gasteiger partial charge is 0.336 e. The van der Waals surface area contributed by atoms with Crippen LogP contribution < -0.4 is 4.74 Å². The molecule has 128 valence electrons. The van der Waals surface area contributed by atoms with Gasteiger partial charge in [-0.15, -0.1) is 0 Å². The Bertz CT molecular complexity index is 693. The highest BCUT2D eigenvalue weighted by molar-refractivity contribution is 6.02. The van der Waals surface area contributed by atoms with Crippen LogP contribution in [0.15, 0.2) is 18.2 Å². The van der Waals surface area contributed by atoms with Crippen LogP contribution in [0.1, 0.15) is 46.4 Å². The van der Waals surface area contributed by atoms with Gasteiger partial charge in [0.25, 0.3) is 0 Å². The van der Waals surface area contributed by atoms with Crippen molar-refractivity contribution in [2.24, 2.45) is 11.8 Å². The molecule has 8 nitrogen and oxygen atoms in total. The fourth-order valence-electron chi connectivity index (χ4n) is 2.85. The van der Waals surface area contributed by atoms with Gasteiger partial charge in [0.15, 0.2) is 0 Å². The highest BCUT2D eigenvalue weighted by Gasteiger charge is 2.37. The topological polar surface area (TPSA) is 138 Å². The van der Waals surface area contributed by atoms with E-state index in [4.69, 9.17) is 14.9 Å². The van der Waals surface area contributed by atoms with Gasteiger partial charge in [-0.3, -0.25) is 9.59 Å². The third-order valence-electron chi connectivity index (χ3n) is 4.06. The molecule has 0 bridgehead atoms. The normalized spacial score (nSPS) is 20.2. The van der Waals surface area contributed by atoms with Gasteiger partial charge in [-0.1, -0.05) is 12.8 Å². The van der Waals surface area contributed by atoms with Gasteiger partial charge in [0.05, 0.1) is 23.0 Å². The largest absolute Gasteiger partial charge is 0.481 e. The van der Waals surface area contributed by atoms with Gasteiger partial charge in [-0.2, -0.15) is 0 Å². The number of ether oxygens (including phenoxy) is 1. The van der Waals surface area contributed by atoms with Gasteiger partial charge in [0.1, 0.15) is 5.75 Å². The average Bonchev–Trinajstić information content (AvgIpc) is 2.54. The van der Waals surface area contributed by atoms with E-state index in [1.165, 1.54) is 6.07 Å². The SMILES string of the molecule is O=C(O)c1ccc(OC(=O)C2CCCCC2C(=O)O)cc1C(=O)O. The second kappa shape index (κ2) is 7.12. The Labute approximate surface area is 136 Å². The summed E-state index contributed by atoms with van der Waals surface area (Å²) in [6.45, 7) is 0. The molecule has 1 aliphatic rings. The van der Waals surface area contributed by atoms with Crippen molar-refractivity contribution in [1.82, 2.24) is 0 Å². The van der Waals surface area contributed by atoms with Crippen molar-refractivity contribution in [2.75, 3.05) is 0 Å². The van der Waals surface area contributed by atoms with Gasteiger partial charge >= 0.3 is 23.9 Å². The number of hydrogen-bond acceptors (Lipinski definition) is 5. The Morgan fingerprint density at radius 2 is 1.46 bits per heavy atom. The van der Waals surface area contributed by atoms with Crippen LogP contribution in [0.4, 0.5) is 0 Å². The van der Waals surface area contributed by atoms with E-state index < -0.39 is 46.8 Å². The Morgan fingerprint density at radius 3 is 2.00 bits per heavy atom. The fraction of sp³-hybridized carbons (Fsp3) is 0.375. The van der Waals surface area contributed by atoms with Crippen molar-refractivity contribution in [2.45, 2.75) is 25.7 Å². The Kier molecular flexibility index (Phi) is 5.18. The monoisotopic (exact) mass is 336 g/mol. The van der Waals surface area contributed by atoms with E-state index in [-0.39, 0.29) is 5.75 Å². The molecule has 0 heterocycles. The third kappa shape index (κ3) is 3.70. The molecule has 2 rings (SSSR count). The van der Waals surface area contributed by atoms with Crippen LogP contribution >= 0.6 is 0 Å². The highest BCUT2D eigenvalue weighted by atomic mass is 16.5. The summed E-state index contributed by atoms with van der Waals surface area (Å²) >= 11 is 0. The van der Waals surface area contributed by atoms with Gasteiger partial charge in [0, 0.05) is 0 Å². The summed E-state index contributed by atoms with van der Waals surface area (Å²) in [5.74, 6) is -6.45. The highest BCUT2D eigenvalue weighted by Crippen LogP contribution is 2.32. The van der Waals surface area contributed by atoms with Crippen molar-refractivity contribution < 1.29 is 39.2 Å². The maximum atomic E-state index is 12.2. The molecule has 0 spiro atoms. The number of esters is 1. The quantitative estimate of drug-likeness (QED) is 0.547. The number of carboxylic acid groups (broad SMARTS) is 3. The van der Waals surface area contributed by atoms with Crippen molar-refractivity contribution in [3.05, 3.63) is 29.3 Å². The molecule has 2 unspecified atom stereocenters. The summed E-state index contributed by atoms with van der Waals surface area (Å²) in [7, 11) is 0. The summed E-state index contributed by atoms with van der Waals surface area (Å²) < 4.78 is 5.10. The molecule has 0 saturated heterocycles. The molecule has 0 amide bonds. The number of carbonyl (C=O) groups is 4. The number of rotatable bonds is 5. The minimum absolute atomic E-state index is 0.128. The molecular formula is C16H16O8. The zero-order chi connectivity index (χ0) is 17.9. The first-order chi connectivity index (χ1) is 11.3. The van der Waals surface area contributed by atoms with Crippen LogP contribution in [0.3, 0.4) is 0 Å². The molecule has 2 atom stereocenters. The van der Waals surface area contributed by atoms with Crippen LogP contribution in [0.5, 0.6) is 5.75 Å². The van der Waals surface area contributed by atoms with Gasteiger partial charge < -0.3 is 20.1 Å². The summed E-state index contributed by atoms with van der Waals surface area (Å²) in [5.41, 5.74) is -0.936. The summed E-state index contributed by atoms with van der Waals surface area (Å²) in [6, 6.07) is 3.15. The lowest BCUT2D eigenvalue weighted by Gasteiger charge is -2.26. The Hall–Kier alpha value is -2.90.